The van der Waals surface area contributed by atoms with Crippen molar-refractivity contribution in [1.82, 2.24) is 4.90 Å². The number of allylic oxidation sites excluding steroid dienone is 4. The normalized spacial score (nSPS) is 14.4. The fourth-order valence-electron chi connectivity index (χ4n) is 1.20. The number of hydrogen-bond acceptors (Lipinski definition) is 2. The van der Waals surface area contributed by atoms with Gasteiger partial charge in [-0.25, -0.2) is 4.39 Å². The van der Waals surface area contributed by atoms with E-state index in [1.165, 1.54) is 31.0 Å². The molecule has 0 spiro atoms. The quantitative estimate of drug-likeness (QED) is 0.754. The first kappa shape index (κ1) is 15.3. The molecule has 0 aliphatic heterocycles. The van der Waals surface area contributed by atoms with E-state index in [1.54, 1.807) is 13.8 Å². The number of carboxylic acids is 1. The molecule has 0 heterocycles. The van der Waals surface area contributed by atoms with Crippen LogP contribution >= 0.6 is 0 Å². The molecule has 1 atom stereocenters. The molecule has 0 aromatic rings. The van der Waals surface area contributed by atoms with Gasteiger partial charge in [0.1, 0.15) is 0 Å². The summed E-state index contributed by atoms with van der Waals surface area (Å²) in [7, 11) is 1.54. The van der Waals surface area contributed by atoms with Crippen LogP contribution in [-0.2, 0) is 9.59 Å². The van der Waals surface area contributed by atoms with E-state index < -0.39 is 11.9 Å². The molecule has 0 fully saturated rings. The lowest BCUT2D eigenvalue weighted by Gasteiger charge is -2.20. The molecule has 0 aliphatic rings. The molecular weight excluding hydrogens is 225 g/mol. The summed E-state index contributed by atoms with van der Waals surface area (Å²) >= 11 is 0. The molecule has 0 rings (SSSR count). The van der Waals surface area contributed by atoms with Crippen LogP contribution in [0.15, 0.2) is 23.7 Å². The van der Waals surface area contributed by atoms with Gasteiger partial charge >= 0.3 is 5.97 Å². The van der Waals surface area contributed by atoms with E-state index >= 15 is 0 Å². The van der Waals surface area contributed by atoms with Gasteiger partial charge in [0, 0.05) is 18.7 Å². The number of halogens is 1. The van der Waals surface area contributed by atoms with Crippen LogP contribution in [0, 0.1) is 5.92 Å². The molecule has 17 heavy (non-hydrogen) atoms. The molecular formula is C12H18FNO3. The fourth-order valence-corrected chi connectivity index (χ4v) is 1.20. The minimum Gasteiger partial charge on any atom is -0.481 e. The van der Waals surface area contributed by atoms with E-state index in [1.807, 2.05) is 0 Å². The standard InChI is InChI=1S/C12H18FNO3/c1-8(7-11(15)16)12(17)14(4)10(3)6-5-9(2)13/h5-6,8H,7H2,1-4H3,(H,15,16). The third kappa shape index (κ3) is 5.85. The number of rotatable bonds is 5. The van der Waals surface area contributed by atoms with E-state index in [0.717, 1.165) is 0 Å². The highest BCUT2D eigenvalue weighted by atomic mass is 19.1. The predicted molar refractivity (Wildman–Crippen MR) is 62.8 cm³/mol. The van der Waals surface area contributed by atoms with E-state index in [2.05, 4.69) is 0 Å². The van der Waals surface area contributed by atoms with Gasteiger partial charge in [-0.05, 0) is 26.0 Å². The summed E-state index contributed by atoms with van der Waals surface area (Å²) in [6, 6.07) is 0. The molecule has 0 radical (unpaired) electrons. The van der Waals surface area contributed by atoms with Crippen LogP contribution in [0.5, 0.6) is 0 Å². The second-order valence-electron chi connectivity index (χ2n) is 3.96. The SMILES string of the molecule is CC(F)=CC=C(C)N(C)C(=O)C(C)CC(=O)O. The average molecular weight is 243 g/mol. The second kappa shape index (κ2) is 6.83. The molecule has 96 valence electrons. The van der Waals surface area contributed by atoms with Gasteiger partial charge in [0.2, 0.25) is 5.91 Å². The average Bonchev–Trinajstić information content (AvgIpc) is 2.22. The Morgan fingerprint density at radius 2 is 1.88 bits per heavy atom. The first-order valence-electron chi connectivity index (χ1n) is 5.25. The van der Waals surface area contributed by atoms with Crippen LogP contribution in [0.2, 0.25) is 0 Å². The van der Waals surface area contributed by atoms with Crippen LogP contribution < -0.4 is 0 Å². The highest BCUT2D eigenvalue weighted by Crippen LogP contribution is 2.11. The highest BCUT2D eigenvalue weighted by Gasteiger charge is 2.20. The van der Waals surface area contributed by atoms with Crippen LogP contribution in [0.3, 0.4) is 0 Å². The van der Waals surface area contributed by atoms with Crippen molar-refractivity contribution in [3.63, 3.8) is 0 Å². The van der Waals surface area contributed by atoms with Crippen molar-refractivity contribution in [2.24, 2.45) is 5.92 Å². The van der Waals surface area contributed by atoms with Gasteiger partial charge in [-0.3, -0.25) is 9.59 Å². The Morgan fingerprint density at radius 3 is 2.29 bits per heavy atom. The molecule has 0 saturated carbocycles. The van der Waals surface area contributed by atoms with Crippen molar-refractivity contribution in [3.8, 4) is 0 Å². The Labute approximate surface area is 100 Å². The predicted octanol–water partition coefficient (Wildman–Crippen LogP) is 2.33. The minimum atomic E-state index is -1.01. The summed E-state index contributed by atoms with van der Waals surface area (Å²) < 4.78 is 12.5. The Hall–Kier alpha value is -1.65. The van der Waals surface area contributed by atoms with Gasteiger partial charge in [0.25, 0.3) is 0 Å². The van der Waals surface area contributed by atoms with Gasteiger partial charge in [0.15, 0.2) is 0 Å². The zero-order valence-electron chi connectivity index (χ0n) is 10.5. The zero-order chi connectivity index (χ0) is 13.6. The summed E-state index contributed by atoms with van der Waals surface area (Å²) in [6.07, 6.45) is 2.51. The molecule has 0 aliphatic carbocycles. The van der Waals surface area contributed by atoms with Crippen molar-refractivity contribution in [2.75, 3.05) is 7.05 Å². The molecule has 0 bridgehead atoms. The summed E-state index contributed by atoms with van der Waals surface area (Å²) in [6.45, 7) is 4.51. The van der Waals surface area contributed by atoms with Crippen molar-refractivity contribution in [3.05, 3.63) is 23.7 Å². The number of carboxylic acid groups (broad SMARTS) is 1. The maximum absolute atomic E-state index is 12.5. The van der Waals surface area contributed by atoms with E-state index in [9.17, 15) is 14.0 Å². The largest absolute Gasteiger partial charge is 0.481 e. The molecule has 1 amide bonds. The zero-order valence-corrected chi connectivity index (χ0v) is 10.5. The lowest BCUT2D eigenvalue weighted by molar-refractivity contribution is -0.142. The number of aliphatic carboxylic acids is 1. The fraction of sp³-hybridized carbons (Fsp3) is 0.500. The molecule has 0 saturated heterocycles. The third-order valence-electron chi connectivity index (χ3n) is 2.32. The topological polar surface area (TPSA) is 57.6 Å². The first-order chi connectivity index (χ1) is 7.75. The molecule has 0 aromatic carbocycles. The van der Waals surface area contributed by atoms with Crippen molar-refractivity contribution in [1.29, 1.82) is 0 Å². The van der Waals surface area contributed by atoms with Crippen LogP contribution in [0.25, 0.3) is 0 Å². The number of hydrogen-bond donors (Lipinski definition) is 1. The van der Waals surface area contributed by atoms with Crippen LogP contribution in [-0.4, -0.2) is 28.9 Å². The highest BCUT2D eigenvalue weighted by molar-refractivity contribution is 5.83. The lowest BCUT2D eigenvalue weighted by atomic mass is 10.1. The number of nitrogens with zero attached hydrogens (tertiary/aromatic N) is 1. The first-order valence-corrected chi connectivity index (χ1v) is 5.25. The second-order valence-corrected chi connectivity index (χ2v) is 3.96. The van der Waals surface area contributed by atoms with Gasteiger partial charge in [-0.1, -0.05) is 6.92 Å². The van der Waals surface area contributed by atoms with Crippen molar-refractivity contribution in [2.45, 2.75) is 27.2 Å². The van der Waals surface area contributed by atoms with Gasteiger partial charge in [-0.2, -0.15) is 0 Å². The number of carbonyl (C=O) groups excluding carboxylic acids is 1. The van der Waals surface area contributed by atoms with Crippen molar-refractivity contribution >= 4 is 11.9 Å². The van der Waals surface area contributed by atoms with E-state index in [0.29, 0.717) is 5.70 Å². The number of amides is 1. The van der Waals surface area contributed by atoms with Gasteiger partial charge < -0.3 is 10.0 Å². The summed E-state index contributed by atoms with van der Waals surface area (Å²) in [5.41, 5.74) is 0.559. The third-order valence-corrected chi connectivity index (χ3v) is 2.32. The molecule has 0 aromatic heterocycles. The Bertz CT molecular complexity index is 357. The van der Waals surface area contributed by atoms with Crippen molar-refractivity contribution < 1.29 is 19.1 Å². The maximum Gasteiger partial charge on any atom is 0.304 e. The Balaban J connectivity index is 4.64. The smallest absolute Gasteiger partial charge is 0.304 e. The molecule has 1 N–H and O–H groups in total. The Morgan fingerprint density at radius 1 is 1.35 bits per heavy atom. The minimum absolute atomic E-state index is 0.214. The monoisotopic (exact) mass is 243 g/mol. The van der Waals surface area contributed by atoms with Gasteiger partial charge in [-0.15, -0.1) is 0 Å². The maximum atomic E-state index is 12.5. The number of carbonyl (C=O) groups is 2. The molecule has 1 unspecified atom stereocenters. The summed E-state index contributed by atoms with van der Waals surface area (Å²) in [5.74, 6) is -2.27. The van der Waals surface area contributed by atoms with Crippen LogP contribution in [0.1, 0.15) is 27.2 Å². The summed E-state index contributed by atoms with van der Waals surface area (Å²) in [4.78, 5) is 23.6. The molecule has 5 heteroatoms. The van der Waals surface area contributed by atoms with E-state index in [4.69, 9.17) is 5.11 Å². The van der Waals surface area contributed by atoms with Crippen LogP contribution in [0.4, 0.5) is 4.39 Å². The van der Waals surface area contributed by atoms with E-state index in [-0.39, 0.29) is 18.2 Å². The summed E-state index contributed by atoms with van der Waals surface area (Å²) in [5, 5.41) is 8.58. The lowest BCUT2D eigenvalue weighted by Crippen LogP contribution is -2.31. The molecule has 4 nitrogen and oxygen atoms in total. The van der Waals surface area contributed by atoms with Gasteiger partial charge in [0.05, 0.1) is 12.2 Å². The Kier molecular flexibility index (Phi) is 6.17.